The van der Waals surface area contributed by atoms with Gasteiger partial charge in [0.05, 0.1) is 17.5 Å². The summed E-state index contributed by atoms with van der Waals surface area (Å²) in [6.45, 7) is 0. The predicted octanol–water partition coefficient (Wildman–Crippen LogP) is 4.30. The van der Waals surface area contributed by atoms with Crippen LogP contribution >= 0.6 is 34.7 Å². The average molecular weight is 421 g/mol. The standard InChI is InChI=1S/C17H17ClN6OS2/c18-12-7-5-11(6-8-12)14-9-26-16(19-14)20-15(25)10-27-17-21-22-23-24(17)13-3-1-2-4-13/h5-9,13H,1-4,10H2,(H,19,20,25). The Labute approximate surface area is 169 Å². The summed E-state index contributed by atoms with van der Waals surface area (Å²) in [4.78, 5) is 16.7. The number of tetrazole rings is 1. The summed E-state index contributed by atoms with van der Waals surface area (Å²) in [7, 11) is 0. The fourth-order valence-corrected chi connectivity index (χ4v) is 4.63. The van der Waals surface area contributed by atoms with Gasteiger partial charge in [0.15, 0.2) is 5.13 Å². The fraction of sp³-hybridized carbons (Fsp3) is 0.353. The zero-order valence-corrected chi connectivity index (χ0v) is 16.7. The van der Waals surface area contributed by atoms with E-state index in [0.717, 1.165) is 24.1 Å². The highest BCUT2D eigenvalue weighted by atomic mass is 35.5. The molecule has 0 atom stereocenters. The van der Waals surface area contributed by atoms with E-state index >= 15 is 0 Å². The van der Waals surface area contributed by atoms with Crippen molar-refractivity contribution < 1.29 is 4.79 Å². The Bertz CT molecular complexity index is 920. The third-order valence-electron chi connectivity index (χ3n) is 4.36. The highest BCUT2D eigenvalue weighted by Gasteiger charge is 2.22. The van der Waals surface area contributed by atoms with E-state index in [4.69, 9.17) is 11.6 Å². The molecular weight excluding hydrogens is 404 g/mol. The van der Waals surface area contributed by atoms with E-state index in [1.54, 1.807) is 0 Å². The Hall–Kier alpha value is -1.97. The maximum absolute atomic E-state index is 12.3. The van der Waals surface area contributed by atoms with Crippen molar-refractivity contribution >= 4 is 45.7 Å². The number of hydrogen-bond acceptors (Lipinski definition) is 7. The van der Waals surface area contributed by atoms with Gasteiger partial charge in [-0.25, -0.2) is 9.67 Å². The normalized spacial score (nSPS) is 14.6. The Balaban J connectivity index is 1.34. The van der Waals surface area contributed by atoms with Gasteiger partial charge in [0.25, 0.3) is 0 Å². The molecule has 1 N–H and O–H groups in total. The molecule has 4 rings (SSSR count). The number of anilines is 1. The number of thioether (sulfide) groups is 1. The molecule has 0 unspecified atom stereocenters. The second-order valence-electron chi connectivity index (χ2n) is 6.23. The number of rotatable bonds is 6. The van der Waals surface area contributed by atoms with Crippen LogP contribution in [-0.4, -0.2) is 36.9 Å². The number of aromatic nitrogens is 5. The van der Waals surface area contributed by atoms with Crippen molar-refractivity contribution in [3.63, 3.8) is 0 Å². The number of benzene rings is 1. The molecule has 2 heterocycles. The summed E-state index contributed by atoms with van der Waals surface area (Å²) in [5.74, 6) is 0.112. The molecule has 1 aromatic carbocycles. The first kappa shape index (κ1) is 18.4. The number of carbonyl (C=O) groups excluding carboxylic acids is 1. The molecule has 0 bridgehead atoms. The van der Waals surface area contributed by atoms with Crippen LogP contribution in [0.25, 0.3) is 11.3 Å². The van der Waals surface area contributed by atoms with Crippen LogP contribution in [0.4, 0.5) is 5.13 Å². The monoisotopic (exact) mass is 420 g/mol. The summed E-state index contributed by atoms with van der Waals surface area (Å²) < 4.78 is 1.85. The lowest BCUT2D eigenvalue weighted by Crippen LogP contribution is -2.15. The molecule has 7 nitrogen and oxygen atoms in total. The van der Waals surface area contributed by atoms with E-state index < -0.39 is 0 Å². The molecule has 1 aliphatic rings. The molecule has 140 valence electrons. The minimum Gasteiger partial charge on any atom is -0.301 e. The van der Waals surface area contributed by atoms with Gasteiger partial charge in [0.2, 0.25) is 11.1 Å². The van der Waals surface area contributed by atoms with Crippen LogP contribution in [0.5, 0.6) is 0 Å². The smallest absolute Gasteiger partial charge is 0.236 e. The first-order valence-electron chi connectivity index (χ1n) is 8.61. The molecule has 10 heteroatoms. The van der Waals surface area contributed by atoms with Gasteiger partial charge in [-0.3, -0.25) is 4.79 Å². The van der Waals surface area contributed by atoms with E-state index in [2.05, 4.69) is 25.8 Å². The number of amides is 1. The van der Waals surface area contributed by atoms with Crippen LogP contribution in [0.3, 0.4) is 0 Å². The van der Waals surface area contributed by atoms with E-state index in [1.165, 1.54) is 35.9 Å². The number of halogens is 1. The van der Waals surface area contributed by atoms with Crippen molar-refractivity contribution in [2.75, 3.05) is 11.1 Å². The molecule has 1 saturated carbocycles. The van der Waals surface area contributed by atoms with Gasteiger partial charge in [0, 0.05) is 16.0 Å². The predicted molar refractivity (Wildman–Crippen MR) is 107 cm³/mol. The molecule has 2 aromatic heterocycles. The molecular formula is C17H17ClN6OS2. The Morgan fingerprint density at radius 1 is 1.30 bits per heavy atom. The summed E-state index contributed by atoms with van der Waals surface area (Å²) in [6, 6.07) is 7.80. The number of hydrogen-bond donors (Lipinski definition) is 1. The quantitative estimate of drug-likeness (QED) is 0.598. The lowest BCUT2D eigenvalue weighted by Gasteiger charge is -2.10. The molecule has 1 aliphatic carbocycles. The van der Waals surface area contributed by atoms with Crippen LogP contribution < -0.4 is 5.32 Å². The van der Waals surface area contributed by atoms with Crippen molar-refractivity contribution in [2.24, 2.45) is 0 Å². The second kappa shape index (κ2) is 8.37. The van der Waals surface area contributed by atoms with Gasteiger partial charge in [-0.2, -0.15) is 0 Å². The van der Waals surface area contributed by atoms with E-state index in [9.17, 15) is 4.79 Å². The minimum atomic E-state index is -0.127. The van der Waals surface area contributed by atoms with Gasteiger partial charge in [-0.1, -0.05) is 48.3 Å². The fourth-order valence-electron chi connectivity index (χ4n) is 3.03. The molecule has 1 fully saturated rings. The number of nitrogens with one attached hydrogen (secondary N) is 1. The van der Waals surface area contributed by atoms with Crippen molar-refractivity contribution in [3.05, 3.63) is 34.7 Å². The van der Waals surface area contributed by atoms with Crippen molar-refractivity contribution in [1.29, 1.82) is 0 Å². The third kappa shape index (κ3) is 4.48. The van der Waals surface area contributed by atoms with Crippen LogP contribution in [0.1, 0.15) is 31.7 Å². The van der Waals surface area contributed by atoms with Gasteiger partial charge in [-0.05, 0) is 35.4 Å². The molecule has 27 heavy (non-hydrogen) atoms. The lowest BCUT2D eigenvalue weighted by molar-refractivity contribution is -0.113. The van der Waals surface area contributed by atoms with Crippen LogP contribution in [0, 0.1) is 0 Å². The van der Waals surface area contributed by atoms with Gasteiger partial charge in [0.1, 0.15) is 0 Å². The maximum atomic E-state index is 12.3. The Kier molecular flexibility index (Phi) is 5.70. The molecule has 0 radical (unpaired) electrons. The lowest BCUT2D eigenvalue weighted by atomic mass is 10.2. The maximum Gasteiger partial charge on any atom is 0.236 e. The summed E-state index contributed by atoms with van der Waals surface area (Å²) >= 11 is 8.65. The van der Waals surface area contributed by atoms with Crippen molar-refractivity contribution in [1.82, 2.24) is 25.2 Å². The number of carbonyl (C=O) groups is 1. The summed E-state index contributed by atoms with van der Waals surface area (Å²) in [5, 5.41) is 18.6. The first-order valence-corrected chi connectivity index (χ1v) is 10.9. The van der Waals surface area contributed by atoms with Crippen LogP contribution in [0.2, 0.25) is 5.02 Å². The average Bonchev–Trinajstić information content (AvgIpc) is 3.41. The minimum absolute atomic E-state index is 0.127. The first-order chi connectivity index (χ1) is 13.2. The Morgan fingerprint density at radius 3 is 2.85 bits per heavy atom. The van der Waals surface area contributed by atoms with Crippen LogP contribution in [-0.2, 0) is 4.79 Å². The van der Waals surface area contributed by atoms with Gasteiger partial charge in [-0.15, -0.1) is 16.4 Å². The van der Waals surface area contributed by atoms with E-state index in [-0.39, 0.29) is 11.7 Å². The topological polar surface area (TPSA) is 85.6 Å². The van der Waals surface area contributed by atoms with Gasteiger partial charge >= 0.3 is 0 Å². The molecule has 0 aliphatic heterocycles. The van der Waals surface area contributed by atoms with Crippen LogP contribution in [0.15, 0.2) is 34.8 Å². The number of nitrogens with zero attached hydrogens (tertiary/aromatic N) is 5. The zero-order chi connectivity index (χ0) is 18.6. The second-order valence-corrected chi connectivity index (χ2v) is 8.46. The highest BCUT2D eigenvalue weighted by Crippen LogP contribution is 2.31. The third-order valence-corrected chi connectivity index (χ3v) is 6.30. The SMILES string of the molecule is O=C(CSc1nnnn1C1CCCC1)Nc1nc(-c2ccc(Cl)cc2)cs1. The Morgan fingerprint density at radius 2 is 2.07 bits per heavy atom. The van der Waals surface area contributed by atoms with Gasteiger partial charge < -0.3 is 5.32 Å². The summed E-state index contributed by atoms with van der Waals surface area (Å²) in [6.07, 6.45) is 4.60. The van der Waals surface area contributed by atoms with E-state index in [0.29, 0.717) is 21.4 Å². The van der Waals surface area contributed by atoms with E-state index in [1.807, 2.05) is 34.3 Å². The number of thiazole rings is 1. The molecule has 0 saturated heterocycles. The molecule has 3 aromatic rings. The summed E-state index contributed by atoms with van der Waals surface area (Å²) in [5.41, 5.74) is 1.77. The van der Waals surface area contributed by atoms with Crippen molar-refractivity contribution in [2.45, 2.75) is 36.9 Å². The zero-order valence-electron chi connectivity index (χ0n) is 14.3. The molecule has 1 amide bonds. The molecule has 0 spiro atoms. The highest BCUT2D eigenvalue weighted by molar-refractivity contribution is 7.99. The van der Waals surface area contributed by atoms with Crippen molar-refractivity contribution in [3.8, 4) is 11.3 Å². The largest absolute Gasteiger partial charge is 0.301 e.